The summed E-state index contributed by atoms with van der Waals surface area (Å²) >= 11 is 0. The maximum Gasteiger partial charge on any atom is 0.146 e. The quantitative estimate of drug-likeness (QED) is 0.823. The maximum absolute atomic E-state index is 5.88. The van der Waals surface area contributed by atoms with Gasteiger partial charge in [-0.25, -0.2) is 0 Å². The average Bonchev–Trinajstić information content (AvgIpc) is 2.85. The molecule has 0 bridgehead atoms. The lowest BCUT2D eigenvalue weighted by molar-refractivity contribution is 0.264. The van der Waals surface area contributed by atoms with Crippen molar-refractivity contribution in [1.29, 1.82) is 0 Å². The summed E-state index contributed by atoms with van der Waals surface area (Å²) in [5, 5.41) is 3.27. The third-order valence-corrected chi connectivity index (χ3v) is 3.24. The second kappa shape index (κ2) is 7.70. The molecule has 0 amide bonds. The van der Waals surface area contributed by atoms with Crippen LogP contribution in [0.3, 0.4) is 0 Å². The molecule has 1 heterocycles. The topological polar surface area (TPSA) is 34.4 Å². The van der Waals surface area contributed by atoms with Gasteiger partial charge >= 0.3 is 0 Å². The third kappa shape index (κ3) is 4.23. The highest BCUT2D eigenvalue weighted by molar-refractivity contribution is 5.56. The van der Waals surface area contributed by atoms with Crippen LogP contribution < -0.4 is 10.1 Å². The highest BCUT2D eigenvalue weighted by Crippen LogP contribution is 2.22. The molecule has 0 radical (unpaired) electrons. The molecule has 0 saturated carbocycles. The molecule has 2 rings (SSSR count). The van der Waals surface area contributed by atoms with Gasteiger partial charge in [-0.15, -0.1) is 0 Å². The van der Waals surface area contributed by atoms with Gasteiger partial charge in [0.15, 0.2) is 0 Å². The normalized spacial score (nSPS) is 11.2. The molecule has 0 aliphatic rings. The van der Waals surface area contributed by atoms with Crippen LogP contribution in [-0.4, -0.2) is 6.54 Å². The summed E-state index contributed by atoms with van der Waals surface area (Å²) in [4.78, 5) is 0. The van der Waals surface area contributed by atoms with E-state index >= 15 is 0 Å². The number of hydrogen-bond donors (Lipinski definition) is 1. The van der Waals surface area contributed by atoms with E-state index in [1.807, 2.05) is 49.4 Å². The molecule has 0 atom stereocenters. The van der Waals surface area contributed by atoms with E-state index in [-0.39, 0.29) is 0 Å². The lowest BCUT2D eigenvalue weighted by Gasteiger charge is -2.07. The number of allylic oxidation sites excluding steroid dienone is 1. The molecule has 3 nitrogen and oxygen atoms in total. The van der Waals surface area contributed by atoms with Crippen LogP contribution in [0.4, 0.5) is 0 Å². The van der Waals surface area contributed by atoms with E-state index < -0.39 is 0 Å². The molecule has 1 N–H and O–H groups in total. The number of para-hydroxylation sites is 1. The van der Waals surface area contributed by atoms with Gasteiger partial charge in [0, 0.05) is 5.56 Å². The molecule has 0 aliphatic carbocycles. The van der Waals surface area contributed by atoms with Gasteiger partial charge in [-0.2, -0.15) is 0 Å². The number of nitrogens with one attached hydrogen (secondary N) is 1. The Morgan fingerprint density at radius 2 is 2.10 bits per heavy atom. The van der Waals surface area contributed by atoms with Gasteiger partial charge in [0.05, 0.1) is 6.54 Å². The summed E-state index contributed by atoms with van der Waals surface area (Å²) in [7, 11) is 0. The Morgan fingerprint density at radius 1 is 1.29 bits per heavy atom. The van der Waals surface area contributed by atoms with Crippen molar-refractivity contribution < 1.29 is 9.15 Å². The van der Waals surface area contributed by atoms with Crippen molar-refractivity contribution in [1.82, 2.24) is 5.32 Å². The summed E-state index contributed by atoms with van der Waals surface area (Å²) in [6.45, 7) is 8.29. The first-order chi connectivity index (χ1) is 10.2. The van der Waals surface area contributed by atoms with Gasteiger partial charge in [-0.3, -0.25) is 0 Å². The number of furan rings is 1. The lowest BCUT2D eigenvalue weighted by Crippen LogP contribution is -2.11. The van der Waals surface area contributed by atoms with Crippen LogP contribution in [0.1, 0.15) is 36.5 Å². The molecule has 2 aromatic rings. The minimum Gasteiger partial charge on any atom is -0.485 e. The Labute approximate surface area is 126 Å². The standard InChI is InChI=1S/C18H23NO2/c1-4-8-15-9-6-7-10-17(15)20-13-16-11-14(3)18(21-16)12-19-5-2/h4,6-11,19H,5,12-13H2,1-3H3. The van der Waals surface area contributed by atoms with Crippen molar-refractivity contribution in [3.8, 4) is 5.75 Å². The molecule has 0 aliphatic heterocycles. The van der Waals surface area contributed by atoms with Crippen LogP contribution in [0.5, 0.6) is 5.75 Å². The first-order valence-corrected chi connectivity index (χ1v) is 7.38. The zero-order valence-corrected chi connectivity index (χ0v) is 13.0. The molecule has 1 aromatic carbocycles. The molecule has 0 spiro atoms. The van der Waals surface area contributed by atoms with Crippen LogP contribution in [0.2, 0.25) is 0 Å². The molecule has 0 unspecified atom stereocenters. The molecule has 0 fully saturated rings. The minimum absolute atomic E-state index is 0.446. The second-order valence-corrected chi connectivity index (χ2v) is 4.93. The molecule has 0 saturated heterocycles. The Balaban J connectivity index is 2.03. The summed E-state index contributed by atoms with van der Waals surface area (Å²) in [6, 6.07) is 10.1. The van der Waals surface area contributed by atoms with Crippen molar-refractivity contribution in [3.63, 3.8) is 0 Å². The molecular weight excluding hydrogens is 262 g/mol. The number of rotatable bonds is 7. The smallest absolute Gasteiger partial charge is 0.146 e. The van der Waals surface area contributed by atoms with Crippen LogP contribution in [0.15, 0.2) is 40.8 Å². The van der Waals surface area contributed by atoms with Crippen LogP contribution in [-0.2, 0) is 13.2 Å². The minimum atomic E-state index is 0.446. The number of hydrogen-bond acceptors (Lipinski definition) is 3. The largest absolute Gasteiger partial charge is 0.485 e. The summed E-state index contributed by atoms with van der Waals surface area (Å²) in [6.07, 6.45) is 4.05. The van der Waals surface area contributed by atoms with Crippen molar-refractivity contribution >= 4 is 6.08 Å². The van der Waals surface area contributed by atoms with E-state index in [0.717, 1.165) is 41.5 Å². The average molecular weight is 285 g/mol. The summed E-state index contributed by atoms with van der Waals surface area (Å²) in [5.74, 6) is 2.71. The van der Waals surface area contributed by atoms with Crippen molar-refractivity contribution in [2.24, 2.45) is 0 Å². The molecular formula is C18H23NO2. The first kappa shape index (κ1) is 15.4. The molecule has 21 heavy (non-hydrogen) atoms. The van der Waals surface area contributed by atoms with Crippen LogP contribution in [0, 0.1) is 6.92 Å². The Bertz CT molecular complexity index is 599. The Kier molecular flexibility index (Phi) is 5.64. The predicted octanol–water partition coefficient (Wildman–Crippen LogP) is 4.31. The fourth-order valence-electron chi connectivity index (χ4n) is 2.15. The zero-order valence-electron chi connectivity index (χ0n) is 13.0. The fourth-order valence-corrected chi connectivity index (χ4v) is 2.15. The van der Waals surface area contributed by atoms with E-state index in [9.17, 15) is 0 Å². The lowest BCUT2D eigenvalue weighted by atomic mass is 10.2. The summed E-state index contributed by atoms with van der Waals surface area (Å²) < 4.78 is 11.7. The van der Waals surface area contributed by atoms with Gasteiger partial charge in [-0.05, 0) is 38.1 Å². The molecule has 112 valence electrons. The SMILES string of the molecule is CC=Cc1ccccc1OCc1cc(C)c(CNCC)o1. The van der Waals surface area contributed by atoms with E-state index in [4.69, 9.17) is 9.15 Å². The Hall–Kier alpha value is -2.00. The van der Waals surface area contributed by atoms with Gasteiger partial charge in [0.1, 0.15) is 23.9 Å². The van der Waals surface area contributed by atoms with Crippen molar-refractivity contribution in [2.75, 3.05) is 6.54 Å². The highest BCUT2D eigenvalue weighted by atomic mass is 16.5. The van der Waals surface area contributed by atoms with Crippen molar-refractivity contribution in [2.45, 2.75) is 33.9 Å². The number of ether oxygens (including phenoxy) is 1. The van der Waals surface area contributed by atoms with E-state index in [1.165, 1.54) is 0 Å². The predicted molar refractivity (Wildman–Crippen MR) is 86.3 cm³/mol. The zero-order chi connectivity index (χ0) is 15.1. The van der Waals surface area contributed by atoms with Gasteiger partial charge in [-0.1, -0.05) is 37.3 Å². The number of benzene rings is 1. The van der Waals surface area contributed by atoms with Gasteiger partial charge in [0.25, 0.3) is 0 Å². The second-order valence-electron chi connectivity index (χ2n) is 4.93. The monoisotopic (exact) mass is 285 g/mol. The highest BCUT2D eigenvalue weighted by Gasteiger charge is 2.08. The van der Waals surface area contributed by atoms with Gasteiger partial charge in [0.2, 0.25) is 0 Å². The third-order valence-electron chi connectivity index (χ3n) is 3.24. The van der Waals surface area contributed by atoms with E-state index in [0.29, 0.717) is 6.61 Å². The van der Waals surface area contributed by atoms with Crippen LogP contribution in [0.25, 0.3) is 6.08 Å². The van der Waals surface area contributed by atoms with Crippen LogP contribution >= 0.6 is 0 Å². The molecule has 1 aromatic heterocycles. The number of aryl methyl sites for hydroxylation is 1. The van der Waals surface area contributed by atoms with Crippen molar-refractivity contribution in [3.05, 3.63) is 59.1 Å². The maximum atomic E-state index is 5.88. The fraction of sp³-hybridized carbons (Fsp3) is 0.333. The summed E-state index contributed by atoms with van der Waals surface area (Å²) in [5.41, 5.74) is 2.24. The van der Waals surface area contributed by atoms with E-state index in [2.05, 4.69) is 19.2 Å². The van der Waals surface area contributed by atoms with Gasteiger partial charge < -0.3 is 14.5 Å². The first-order valence-electron chi connectivity index (χ1n) is 7.38. The van der Waals surface area contributed by atoms with E-state index in [1.54, 1.807) is 0 Å². The Morgan fingerprint density at radius 3 is 2.86 bits per heavy atom. The molecule has 3 heteroatoms.